The molecule has 0 saturated carbocycles. The van der Waals surface area contributed by atoms with E-state index in [0.717, 1.165) is 50.7 Å². The molecule has 8 aromatic rings. The molecule has 0 aliphatic heterocycles. The Morgan fingerprint density at radius 2 is 1.16 bits per heavy atom. The highest BCUT2D eigenvalue weighted by atomic mass is 16.3. The van der Waals surface area contributed by atoms with E-state index in [1.54, 1.807) is 0 Å². The van der Waals surface area contributed by atoms with Crippen LogP contribution in [0.25, 0.3) is 67.6 Å². The molecule has 3 aromatic heterocycles. The first-order chi connectivity index (χ1) is 27.1. The van der Waals surface area contributed by atoms with Gasteiger partial charge in [-0.1, -0.05) is 153 Å². The molecule has 5 aromatic carbocycles. The standard InChI is InChI=1S/C51H51N5O/c1-49(2,3)36-26-27-40(44(57)32-36)45-53-46-47(56(45)43-25-16-14-23-39(43)33-18-11-10-12-19-33)54-48(51(7,8)9)55(46)37-21-17-20-35(30-37)42-31-34(28-29-52-42)38-22-13-15-24-41(38)50(4,5)6/h10-32,57H,1-9H3. The number of phenols is 1. The highest BCUT2D eigenvalue weighted by Crippen LogP contribution is 2.41. The Balaban J connectivity index is 1.37. The van der Waals surface area contributed by atoms with Crippen LogP contribution in [0.2, 0.25) is 0 Å². The lowest BCUT2D eigenvalue weighted by molar-refractivity contribution is 0.472. The molecule has 0 amide bonds. The van der Waals surface area contributed by atoms with Crippen LogP contribution in [0.1, 0.15) is 79.3 Å². The summed E-state index contributed by atoms with van der Waals surface area (Å²) in [6.07, 6.45) is 1.91. The zero-order valence-corrected chi connectivity index (χ0v) is 34.5. The second-order valence-electron chi connectivity index (χ2n) is 18.1. The number of imidazole rings is 2. The number of pyridine rings is 1. The molecule has 0 bridgehead atoms. The Kier molecular flexibility index (Phi) is 9.27. The van der Waals surface area contributed by atoms with Crippen molar-refractivity contribution >= 4 is 11.3 Å². The Morgan fingerprint density at radius 1 is 0.491 bits per heavy atom. The first kappa shape index (κ1) is 37.6. The van der Waals surface area contributed by atoms with Crippen LogP contribution in [0.3, 0.4) is 0 Å². The molecule has 0 fully saturated rings. The van der Waals surface area contributed by atoms with Crippen LogP contribution in [0.4, 0.5) is 0 Å². The van der Waals surface area contributed by atoms with Crippen LogP contribution in [0.15, 0.2) is 140 Å². The number of hydrogen-bond donors (Lipinski definition) is 1. The first-order valence-electron chi connectivity index (χ1n) is 19.8. The first-order valence-corrected chi connectivity index (χ1v) is 19.8. The number of aromatic hydroxyl groups is 1. The molecular weight excluding hydrogens is 699 g/mol. The molecule has 0 atom stereocenters. The van der Waals surface area contributed by atoms with E-state index in [-0.39, 0.29) is 22.0 Å². The van der Waals surface area contributed by atoms with E-state index in [2.05, 4.69) is 181 Å². The normalized spacial score (nSPS) is 12.4. The fourth-order valence-electron chi connectivity index (χ4n) is 7.72. The number of aromatic nitrogens is 5. The van der Waals surface area contributed by atoms with E-state index in [9.17, 15) is 5.11 Å². The highest BCUT2D eigenvalue weighted by molar-refractivity contribution is 5.86. The lowest BCUT2D eigenvalue weighted by Crippen LogP contribution is -2.18. The number of nitrogens with zero attached hydrogens (tertiary/aromatic N) is 5. The minimum absolute atomic E-state index is 0.00855. The summed E-state index contributed by atoms with van der Waals surface area (Å²) in [7, 11) is 0. The summed E-state index contributed by atoms with van der Waals surface area (Å²) in [6.45, 7) is 19.8. The molecule has 286 valence electrons. The second kappa shape index (κ2) is 14.0. The van der Waals surface area contributed by atoms with Gasteiger partial charge in [-0.15, -0.1) is 0 Å². The quantitative estimate of drug-likeness (QED) is 0.184. The van der Waals surface area contributed by atoms with Crippen molar-refractivity contribution in [2.45, 2.75) is 78.6 Å². The van der Waals surface area contributed by atoms with E-state index in [1.807, 2.05) is 30.5 Å². The van der Waals surface area contributed by atoms with Crippen molar-refractivity contribution < 1.29 is 5.11 Å². The van der Waals surface area contributed by atoms with Crippen molar-refractivity contribution in [2.75, 3.05) is 0 Å². The van der Waals surface area contributed by atoms with E-state index < -0.39 is 0 Å². The van der Waals surface area contributed by atoms with Gasteiger partial charge in [-0.3, -0.25) is 14.1 Å². The summed E-state index contributed by atoms with van der Waals surface area (Å²) in [4.78, 5) is 15.8. The highest BCUT2D eigenvalue weighted by Gasteiger charge is 2.31. The zero-order chi connectivity index (χ0) is 40.3. The summed E-state index contributed by atoms with van der Waals surface area (Å²) < 4.78 is 4.31. The average Bonchev–Trinajstić information content (AvgIpc) is 3.75. The predicted molar refractivity (Wildman–Crippen MR) is 235 cm³/mol. The number of phenolic OH excluding ortho intramolecular Hbond substituents is 1. The van der Waals surface area contributed by atoms with Crippen LogP contribution in [-0.4, -0.2) is 29.2 Å². The lowest BCUT2D eigenvalue weighted by Gasteiger charge is -2.23. The van der Waals surface area contributed by atoms with Crippen molar-refractivity contribution in [3.8, 4) is 62.0 Å². The van der Waals surface area contributed by atoms with E-state index in [1.165, 1.54) is 11.1 Å². The van der Waals surface area contributed by atoms with E-state index in [4.69, 9.17) is 15.0 Å². The molecule has 0 saturated heterocycles. The molecule has 57 heavy (non-hydrogen) atoms. The maximum Gasteiger partial charge on any atom is 0.184 e. The zero-order valence-electron chi connectivity index (χ0n) is 34.5. The fraction of sp³-hybridized carbons (Fsp3) is 0.235. The summed E-state index contributed by atoms with van der Waals surface area (Å²) in [6, 6.07) is 46.1. The number of hydrogen-bond acceptors (Lipinski definition) is 4. The van der Waals surface area contributed by atoms with Gasteiger partial charge in [0.1, 0.15) is 11.6 Å². The Hall–Kier alpha value is -6.27. The summed E-state index contributed by atoms with van der Waals surface area (Å²) in [5, 5.41) is 11.7. The molecule has 0 aliphatic carbocycles. The third-order valence-electron chi connectivity index (χ3n) is 10.7. The van der Waals surface area contributed by atoms with Crippen molar-refractivity contribution in [2.24, 2.45) is 0 Å². The molecule has 0 unspecified atom stereocenters. The molecule has 0 aliphatic rings. The molecule has 1 N–H and O–H groups in total. The number of fused-ring (bicyclic) bond motifs is 1. The van der Waals surface area contributed by atoms with Gasteiger partial charge in [0.15, 0.2) is 17.1 Å². The molecule has 0 spiro atoms. The van der Waals surface area contributed by atoms with Gasteiger partial charge in [-0.05, 0) is 81.1 Å². The predicted octanol–water partition coefficient (Wildman–Crippen LogP) is 12.9. The SMILES string of the molecule is CC(C)(C)c1ccc(-c2nc3c(nc(C(C)(C)C)n3-c3cccc(-c4cc(-c5ccccc5C(C)(C)C)ccn4)c3)n2-c2ccccc2-c2ccccc2)c(O)c1. The number of para-hydroxylation sites is 1. The number of rotatable bonds is 6. The maximum absolute atomic E-state index is 11.7. The van der Waals surface area contributed by atoms with Gasteiger partial charge < -0.3 is 5.11 Å². The minimum Gasteiger partial charge on any atom is -0.507 e. The molecule has 6 nitrogen and oxygen atoms in total. The largest absolute Gasteiger partial charge is 0.507 e. The van der Waals surface area contributed by atoms with E-state index in [0.29, 0.717) is 22.7 Å². The van der Waals surface area contributed by atoms with Crippen molar-refractivity contribution in [3.63, 3.8) is 0 Å². The average molecular weight is 750 g/mol. The number of benzene rings is 5. The van der Waals surface area contributed by atoms with E-state index >= 15 is 0 Å². The maximum atomic E-state index is 11.7. The van der Waals surface area contributed by atoms with Gasteiger partial charge in [0.2, 0.25) is 0 Å². The molecule has 6 heteroatoms. The van der Waals surface area contributed by atoms with Gasteiger partial charge in [0.25, 0.3) is 0 Å². The summed E-state index contributed by atoms with van der Waals surface area (Å²) in [5.74, 6) is 1.67. The van der Waals surface area contributed by atoms with Gasteiger partial charge in [0.05, 0.1) is 16.9 Å². The lowest BCUT2D eigenvalue weighted by atomic mass is 9.82. The van der Waals surface area contributed by atoms with Crippen LogP contribution >= 0.6 is 0 Å². The van der Waals surface area contributed by atoms with Crippen LogP contribution in [0.5, 0.6) is 5.75 Å². The second-order valence-corrected chi connectivity index (χ2v) is 18.1. The summed E-state index contributed by atoms with van der Waals surface area (Å²) >= 11 is 0. The smallest absolute Gasteiger partial charge is 0.184 e. The Labute approximate surface area is 336 Å². The topological polar surface area (TPSA) is 68.8 Å². The third-order valence-corrected chi connectivity index (χ3v) is 10.7. The third kappa shape index (κ3) is 7.05. The van der Waals surface area contributed by atoms with Crippen LogP contribution in [-0.2, 0) is 16.2 Å². The monoisotopic (exact) mass is 749 g/mol. The van der Waals surface area contributed by atoms with Crippen molar-refractivity contribution in [1.29, 1.82) is 0 Å². The molecule has 0 radical (unpaired) electrons. The fourth-order valence-corrected chi connectivity index (χ4v) is 7.72. The summed E-state index contributed by atoms with van der Waals surface area (Å²) in [5.41, 5.74) is 12.1. The Morgan fingerprint density at radius 3 is 1.86 bits per heavy atom. The van der Waals surface area contributed by atoms with Crippen molar-refractivity contribution in [3.05, 3.63) is 157 Å². The Bertz CT molecular complexity index is 2750. The van der Waals surface area contributed by atoms with Gasteiger partial charge in [0, 0.05) is 28.4 Å². The van der Waals surface area contributed by atoms with Crippen molar-refractivity contribution in [1.82, 2.24) is 24.1 Å². The molecule has 3 heterocycles. The van der Waals surface area contributed by atoms with Gasteiger partial charge in [-0.2, -0.15) is 0 Å². The van der Waals surface area contributed by atoms with Crippen LogP contribution in [0, 0.1) is 0 Å². The van der Waals surface area contributed by atoms with Gasteiger partial charge in [-0.25, -0.2) is 9.97 Å². The molecule has 8 rings (SSSR count). The molecular formula is C51H51N5O. The minimum atomic E-state index is -0.341. The van der Waals surface area contributed by atoms with Crippen LogP contribution < -0.4 is 0 Å². The van der Waals surface area contributed by atoms with Gasteiger partial charge >= 0.3 is 0 Å².